The first kappa shape index (κ1) is 10.7. The molecule has 2 aliphatic heterocycles. The summed E-state index contributed by atoms with van der Waals surface area (Å²) < 4.78 is 27.4. The van der Waals surface area contributed by atoms with Crippen LogP contribution in [0.5, 0.6) is 0 Å². The number of fused-ring (bicyclic) bond motifs is 2. The van der Waals surface area contributed by atoms with Gasteiger partial charge in [0.2, 0.25) is 0 Å². The molecule has 4 aliphatic rings. The van der Waals surface area contributed by atoms with Crippen LogP contribution in [0.2, 0.25) is 0 Å². The highest BCUT2D eigenvalue weighted by atomic mass is 16.7. The lowest BCUT2D eigenvalue weighted by Gasteiger charge is -2.24. The molecule has 96 valence electrons. The van der Waals surface area contributed by atoms with Crippen LogP contribution in [0.3, 0.4) is 0 Å². The largest absolute Gasteiger partial charge is 0.377 e. The molecule has 5 nitrogen and oxygen atoms in total. The van der Waals surface area contributed by atoms with E-state index < -0.39 is 0 Å². The van der Waals surface area contributed by atoms with Gasteiger partial charge in [-0.3, -0.25) is 0 Å². The van der Waals surface area contributed by atoms with Gasteiger partial charge in [0.1, 0.15) is 41.7 Å². The monoisotopic (exact) mass is 242 g/mol. The number of hydrogen-bond acceptors (Lipinski definition) is 5. The van der Waals surface area contributed by atoms with Crippen molar-refractivity contribution in [2.75, 3.05) is 20.3 Å². The van der Waals surface area contributed by atoms with E-state index in [9.17, 15) is 0 Å². The Labute approximate surface area is 100 Å². The van der Waals surface area contributed by atoms with E-state index in [0.29, 0.717) is 37.6 Å². The van der Waals surface area contributed by atoms with Gasteiger partial charge in [-0.2, -0.15) is 0 Å². The molecule has 4 rings (SSSR count). The molecule has 2 saturated heterocycles. The Hall–Kier alpha value is -0.200. The van der Waals surface area contributed by atoms with E-state index in [0.717, 1.165) is 0 Å². The van der Waals surface area contributed by atoms with Crippen LogP contribution in [0.25, 0.3) is 0 Å². The lowest BCUT2D eigenvalue weighted by molar-refractivity contribution is -0.130. The summed E-state index contributed by atoms with van der Waals surface area (Å²) in [6.45, 7) is 5.31. The lowest BCUT2D eigenvalue weighted by atomic mass is 10.3. The van der Waals surface area contributed by atoms with Crippen molar-refractivity contribution < 1.29 is 23.7 Å². The lowest BCUT2D eigenvalue weighted by Crippen LogP contribution is -2.35. The molecule has 0 aromatic heterocycles. The van der Waals surface area contributed by atoms with E-state index in [1.54, 1.807) is 7.11 Å². The van der Waals surface area contributed by atoms with Crippen LogP contribution in [-0.4, -0.2) is 62.0 Å². The van der Waals surface area contributed by atoms with E-state index in [4.69, 9.17) is 23.7 Å². The molecule has 0 aromatic carbocycles. The van der Waals surface area contributed by atoms with Gasteiger partial charge in [-0.05, 0) is 13.8 Å². The molecule has 5 heteroatoms. The van der Waals surface area contributed by atoms with Crippen LogP contribution < -0.4 is 0 Å². The third-order valence-corrected chi connectivity index (χ3v) is 4.52. The fourth-order valence-electron chi connectivity index (χ4n) is 2.51. The van der Waals surface area contributed by atoms with Crippen molar-refractivity contribution >= 4 is 0 Å². The zero-order valence-corrected chi connectivity index (χ0v) is 10.3. The first-order valence-electron chi connectivity index (χ1n) is 6.21. The molecule has 2 aliphatic carbocycles. The van der Waals surface area contributed by atoms with Crippen LogP contribution in [0.1, 0.15) is 13.8 Å². The van der Waals surface area contributed by atoms with Crippen molar-refractivity contribution in [3.05, 3.63) is 0 Å². The van der Waals surface area contributed by atoms with Crippen molar-refractivity contribution in [2.24, 2.45) is 0 Å². The molecular weight excluding hydrogens is 224 g/mol. The summed E-state index contributed by atoms with van der Waals surface area (Å²) in [6.07, 6.45) is 1.33. The zero-order valence-electron chi connectivity index (χ0n) is 10.3. The minimum absolute atomic E-state index is 0.0105. The predicted octanol–water partition coefficient (Wildman–Crippen LogP) is 0.114. The van der Waals surface area contributed by atoms with Gasteiger partial charge < -0.3 is 23.7 Å². The molecule has 0 aromatic rings. The van der Waals surface area contributed by atoms with Gasteiger partial charge in [-0.15, -0.1) is 0 Å². The molecule has 0 bridgehead atoms. The average molecular weight is 242 g/mol. The van der Waals surface area contributed by atoms with Gasteiger partial charge in [-0.25, -0.2) is 0 Å². The molecule has 0 N–H and O–H groups in total. The summed E-state index contributed by atoms with van der Waals surface area (Å²) in [5.41, 5.74) is -0.100. The third kappa shape index (κ3) is 1.43. The molecule has 4 unspecified atom stereocenters. The first-order valence-corrected chi connectivity index (χ1v) is 6.21. The first-order chi connectivity index (χ1) is 8.09. The van der Waals surface area contributed by atoms with Gasteiger partial charge in [0.25, 0.3) is 0 Å². The van der Waals surface area contributed by atoms with Crippen LogP contribution in [0.4, 0.5) is 0 Å². The summed E-state index contributed by atoms with van der Waals surface area (Å²) in [7, 11) is 1.69. The Morgan fingerprint density at radius 2 is 1.35 bits per heavy atom. The third-order valence-electron chi connectivity index (χ3n) is 4.52. The van der Waals surface area contributed by atoms with Gasteiger partial charge in [0.15, 0.2) is 0 Å². The molecule has 2 saturated carbocycles. The highest BCUT2D eigenvalue weighted by Crippen LogP contribution is 2.60. The minimum Gasteiger partial charge on any atom is -0.377 e. The molecule has 17 heavy (non-hydrogen) atoms. The van der Waals surface area contributed by atoms with E-state index in [1.807, 2.05) is 0 Å². The van der Waals surface area contributed by atoms with Crippen molar-refractivity contribution in [1.29, 1.82) is 0 Å². The van der Waals surface area contributed by atoms with Gasteiger partial charge in [0.05, 0.1) is 13.2 Å². The van der Waals surface area contributed by atoms with Crippen LogP contribution in [0, 0.1) is 0 Å². The highest BCUT2D eigenvalue weighted by Gasteiger charge is 2.80. The summed E-state index contributed by atoms with van der Waals surface area (Å²) in [5.74, 6) is 0. The summed E-state index contributed by atoms with van der Waals surface area (Å²) in [5, 5.41) is 0. The quantitative estimate of drug-likeness (QED) is 0.593. The maximum absolute atomic E-state index is 5.82. The second-order valence-corrected chi connectivity index (χ2v) is 5.80. The normalized spacial score (nSPS) is 58.1. The Morgan fingerprint density at radius 1 is 0.941 bits per heavy atom. The number of hydrogen-bond donors (Lipinski definition) is 0. The van der Waals surface area contributed by atoms with Crippen molar-refractivity contribution in [3.63, 3.8) is 0 Å². The summed E-state index contributed by atoms with van der Waals surface area (Å²) in [4.78, 5) is 0. The standard InChI is InChI=1S/C12H18O5/c1-11(7-8(11)16-7)14-4-6(13-3)5-15-12(2)9-10(12)17-9/h6-10H,4-5H2,1-3H3. The molecule has 2 heterocycles. The average Bonchev–Trinajstić information content (AvgIpc) is 3.12. The summed E-state index contributed by atoms with van der Waals surface area (Å²) >= 11 is 0. The van der Waals surface area contributed by atoms with Gasteiger partial charge >= 0.3 is 0 Å². The SMILES string of the molecule is COC(COC1(C)C2OC21)COC1(C)C2OC21. The van der Waals surface area contributed by atoms with E-state index >= 15 is 0 Å². The Balaban J connectivity index is 1.21. The minimum atomic E-state index is -0.0501. The van der Waals surface area contributed by atoms with Gasteiger partial charge in [-0.1, -0.05) is 0 Å². The summed E-state index contributed by atoms with van der Waals surface area (Å²) in [6, 6.07) is 0. The van der Waals surface area contributed by atoms with Crippen LogP contribution in [0.15, 0.2) is 0 Å². The van der Waals surface area contributed by atoms with E-state index in [1.165, 1.54) is 0 Å². The van der Waals surface area contributed by atoms with Gasteiger partial charge in [0, 0.05) is 7.11 Å². The fourth-order valence-corrected chi connectivity index (χ4v) is 2.51. The molecule has 0 amide bonds. The Bertz CT molecular complexity index is 309. The molecule has 4 fully saturated rings. The van der Waals surface area contributed by atoms with E-state index in [2.05, 4.69) is 13.8 Å². The molecule has 0 radical (unpaired) electrons. The fraction of sp³-hybridized carbons (Fsp3) is 1.00. The number of methoxy groups -OCH3 is 1. The molecule has 4 atom stereocenters. The topological polar surface area (TPSA) is 52.8 Å². The smallest absolute Gasteiger partial charge is 0.123 e. The Morgan fingerprint density at radius 3 is 1.59 bits per heavy atom. The zero-order chi connectivity index (χ0) is 11.8. The van der Waals surface area contributed by atoms with Crippen molar-refractivity contribution in [3.8, 4) is 0 Å². The highest BCUT2D eigenvalue weighted by molar-refractivity contribution is 5.27. The predicted molar refractivity (Wildman–Crippen MR) is 56.8 cm³/mol. The second kappa shape index (κ2) is 3.03. The number of epoxide rings is 2. The Kier molecular flexibility index (Phi) is 1.91. The maximum atomic E-state index is 5.82. The molecule has 0 spiro atoms. The van der Waals surface area contributed by atoms with Crippen molar-refractivity contribution in [2.45, 2.75) is 55.6 Å². The number of rotatable bonds is 7. The second-order valence-electron chi connectivity index (χ2n) is 5.80. The van der Waals surface area contributed by atoms with Crippen LogP contribution in [-0.2, 0) is 23.7 Å². The number of ether oxygens (including phenoxy) is 5. The van der Waals surface area contributed by atoms with E-state index in [-0.39, 0.29) is 17.3 Å². The molecular formula is C12H18O5. The van der Waals surface area contributed by atoms with Crippen LogP contribution >= 0.6 is 0 Å². The van der Waals surface area contributed by atoms with Crippen molar-refractivity contribution in [1.82, 2.24) is 0 Å². The maximum Gasteiger partial charge on any atom is 0.123 e.